The average Bonchev–Trinajstić information content (AvgIpc) is 2.61. The molecule has 5 nitrogen and oxygen atoms in total. The maximum absolute atomic E-state index is 12.1. The summed E-state index contributed by atoms with van der Waals surface area (Å²) in [5.74, 6) is 0.219. The van der Waals surface area contributed by atoms with Crippen LogP contribution in [0.2, 0.25) is 0 Å². The number of hydrogen-bond donors (Lipinski definition) is 3. The van der Waals surface area contributed by atoms with Gasteiger partial charge in [-0.1, -0.05) is 20.3 Å². The summed E-state index contributed by atoms with van der Waals surface area (Å²) >= 11 is 0. The first kappa shape index (κ1) is 13.2. The van der Waals surface area contributed by atoms with Gasteiger partial charge < -0.3 is 20.6 Å². The Morgan fingerprint density at radius 3 is 2.89 bits per heavy atom. The standard InChI is InChI=1S/C14H25N3O2/c1-8(2)15-11-6-7-17-12-9(13(11)18)4-3-5-10(12)16-14(17)19/h8-13,15,18H,3-7H2,1-2H3,(H,16,19)/t9?,10?,11-,12?,13-/m0/s1. The van der Waals surface area contributed by atoms with Crippen molar-refractivity contribution >= 4 is 6.03 Å². The molecule has 0 spiro atoms. The van der Waals surface area contributed by atoms with Crippen LogP contribution in [-0.4, -0.2) is 52.9 Å². The molecule has 19 heavy (non-hydrogen) atoms. The number of aliphatic hydroxyl groups is 1. The van der Waals surface area contributed by atoms with E-state index in [9.17, 15) is 9.90 Å². The van der Waals surface area contributed by atoms with E-state index in [1.165, 1.54) is 0 Å². The summed E-state index contributed by atoms with van der Waals surface area (Å²) in [6.45, 7) is 4.97. The van der Waals surface area contributed by atoms with Gasteiger partial charge in [-0.3, -0.25) is 0 Å². The molecule has 0 aromatic heterocycles. The summed E-state index contributed by atoms with van der Waals surface area (Å²) in [5.41, 5.74) is 0. The molecule has 0 aromatic rings. The van der Waals surface area contributed by atoms with E-state index < -0.39 is 0 Å². The molecule has 3 N–H and O–H groups in total. The fraction of sp³-hybridized carbons (Fsp3) is 0.929. The largest absolute Gasteiger partial charge is 0.391 e. The van der Waals surface area contributed by atoms with E-state index in [0.29, 0.717) is 6.04 Å². The highest BCUT2D eigenvalue weighted by Crippen LogP contribution is 2.38. The van der Waals surface area contributed by atoms with Crippen LogP contribution in [0.15, 0.2) is 0 Å². The molecule has 0 radical (unpaired) electrons. The van der Waals surface area contributed by atoms with Crippen molar-refractivity contribution in [3.63, 3.8) is 0 Å². The van der Waals surface area contributed by atoms with Crippen molar-refractivity contribution < 1.29 is 9.90 Å². The third-order valence-electron chi connectivity index (χ3n) is 4.91. The fourth-order valence-electron chi connectivity index (χ4n) is 4.18. The SMILES string of the molecule is CC(C)N[C@H]1CCN2C(=O)NC3CCCC(C32)[C@@H]1O. The predicted molar refractivity (Wildman–Crippen MR) is 72.8 cm³/mol. The molecule has 3 unspecified atom stereocenters. The molecular formula is C14H25N3O2. The summed E-state index contributed by atoms with van der Waals surface area (Å²) in [6, 6.07) is 0.996. The van der Waals surface area contributed by atoms with Gasteiger partial charge in [0, 0.05) is 24.5 Å². The third-order valence-corrected chi connectivity index (χ3v) is 4.91. The van der Waals surface area contributed by atoms with Crippen LogP contribution in [-0.2, 0) is 0 Å². The number of hydrogen-bond acceptors (Lipinski definition) is 3. The van der Waals surface area contributed by atoms with Crippen molar-refractivity contribution in [2.75, 3.05) is 6.54 Å². The van der Waals surface area contributed by atoms with E-state index in [-0.39, 0.29) is 36.2 Å². The Kier molecular flexibility index (Phi) is 3.43. The Morgan fingerprint density at radius 1 is 1.37 bits per heavy atom. The Labute approximate surface area is 114 Å². The molecule has 5 atom stereocenters. The molecule has 108 valence electrons. The number of rotatable bonds is 2. The van der Waals surface area contributed by atoms with Crippen LogP contribution in [0.4, 0.5) is 4.79 Å². The summed E-state index contributed by atoms with van der Waals surface area (Å²) in [5, 5.41) is 17.3. The van der Waals surface area contributed by atoms with Gasteiger partial charge >= 0.3 is 6.03 Å². The summed E-state index contributed by atoms with van der Waals surface area (Å²) in [7, 11) is 0. The summed E-state index contributed by atoms with van der Waals surface area (Å²) < 4.78 is 0. The van der Waals surface area contributed by atoms with Gasteiger partial charge in [-0.15, -0.1) is 0 Å². The first-order valence-corrected chi connectivity index (χ1v) is 7.59. The second kappa shape index (κ2) is 4.94. The van der Waals surface area contributed by atoms with Gasteiger partial charge in [0.25, 0.3) is 0 Å². The molecule has 3 aliphatic rings. The Morgan fingerprint density at radius 2 is 2.16 bits per heavy atom. The van der Waals surface area contributed by atoms with E-state index in [1.807, 2.05) is 4.90 Å². The van der Waals surface area contributed by atoms with Crippen LogP contribution in [0.5, 0.6) is 0 Å². The highest BCUT2D eigenvalue weighted by atomic mass is 16.3. The van der Waals surface area contributed by atoms with Crippen LogP contribution in [0.3, 0.4) is 0 Å². The van der Waals surface area contributed by atoms with Gasteiger partial charge in [0.15, 0.2) is 0 Å². The van der Waals surface area contributed by atoms with Crippen molar-refractivity contribution in [3.8, 4) is 0 Å². The monoisotopic (exact) mass is 267 g/mol. The van der Waals surface area contributed by atoms with Crippen molar-refractivity contribution in [1.82, 2.24) is 15.5 Å². The van der Waals surface area contributed by atoms with Crippen molar-refractivity contribution in [3.05, 3.63) is 0 Å². The second-order valence-electron chi connectivity index (χ2n) is 6.54. The van der Waals surface area contributed by atoms with E-state index in [0.717, 1.165) is 32.2 Å². The molecule has 0 aromatic carbocycles. The smallest absolute Gasteiger partial charge is 0.318 e. The maximum atomic E-state index is 12.1. The lowest BCUT2D eigenvalue weighted by atomic mass is 9.77. The zero-order valence-corrected chi connectivity index (χ0v) is 11.8. The van der Waals surface area contributed by atoms with Crippen molar-refractivity contribution in [2.45, 2.75) is 69.8 Å². The normalized spacial score (nSPS) is 42.0. The van der Waals surface area contributed by atoms with Crippen LogP contribution in [0, 0.1) is 5.92 Å². The number of carbonyl (C=O) groups is 1. The lowest BCUT2D eigenvalue weighted by molar-refractivity contribution is 0.0274. The lowest BCUT2D eigenvalue weighted by Crippen LogP contribution is -2.52. The van der Waals surface area contributed by atoms with Gasteiger partial charge in [-0.25, -0.2) is 4.79 Å². The lowest BCUT2D eigenvalue weighted by Gasteiger charge is -2.38. The number of amides is 2. The van der Waals surface area contributed by atoms with E-state index >= 15 is 0 Å². The van der Waals surface area contributed by atoms with Crippen LogP contribution < -0.4 is 10.6 Å². The Bertz CT molecular complexity index is 361. The Balaban J connectivity index is 1.83. The number of carbonyl (C=O) groups excluding carboxylic acids is 1. The van der Waals surface area contributed by atoms with Gasteiger partial charge in [-0.05, 0) is 19.3 Å². The van der Waals surface area contributed by atoms with Crippen LogP contribution in [0.25, 0.3) is 0 Å². The van der Waals surface area contributed by atoms with Gasteiger partial charge in [0.2, 0.25) is 0 Å². The Hall–Kier alpha value is -0.810. The highest BCUT2D eigenvalue weighted by molar-refractivity contribution is 5.78. The number of aliphatic hydroxyl groups excluding tert-OH is 1. The molecule has 3 fully saturated rings. The molecule has 2 heterocycles. The zero-order valence-electron chi connectivity index (χ0n) is 11.8. The minimum absolute atomic E-state index is 0.0688. The molecule has 3 rings (SSSR count). The molecule has 5 heteroatoms. The van der Waals surface area contributed by atoms with Crippen molar-refractivity contribution in [1.29, 1.82) is 0 Å². The minimum Gasteiger partial charge on any atom is -0.391 e. The molecule has 2 aliphatic heterocycles. The van der Waals surface area contributed by atoms with E-state index in [1.54, 1.807) is 0 Å². The summed E-state index contributed by atoms with van der Waals surface area (Å²) in [6.07, 6.45) is 3.69. The number of nitrogens with zero attached hydrogens (tertiary/aromatic N) is 1. The maximum Gasteiger partial charge on any atom is 0.318 e. The molecular weight excluding hydrogens is 242 g/mol. The van der Waals surface area contributed by atoms with Crippen LogP contribution >= 0.6 is 0 Å². The highest BCUT2D eigenvalue weighted by Gasteiger charge is 2.50. The number of nitrogens with one attached hydrogen (secondary N) is 2. The van der Waals surface area contributed by atoms with E-state index in [4.69, 9.17) is 0 Å². The van der Waals surface area contributed by atoms with E-state index in [2.05, 4.69) is 24.5 Å². The molecule has 0 bridgehead atoms. The average molecular weight is 267 g/mol. The first-order chi connectivity index (χ1) is 9.08. The van der Waals surface area contributed by atoms with Crippen molar-refractivity contribution in [2.24, 2.45) is 5.92 Å². The topological polar surface area (TPSA) is 64.6 Å². The predicted octanol–water partition coefficient (Wildman–Crippen LogP) is 0.680. The van der Waals surface area contributed by atoms with Gasteiger partial charge in [0.1, 0.15) is 0 Å². The van der Waals surface area contributed by atoms with Gasteiger partial charge in [0.05, 0.1) is 18.2 Å². The molecule has 2 amide bonds. The molecule has 2 saturated heterocycles. The quantitative estimate of drug-likeness (QED) is 0.689. The minimum atomic E-state index is -0.340. The first-order valence-electron chi connectivity index (χ1n) is 7.59. The van der Waals surface area contributed by atoms with Crippen LogP contribution in [0.1, 0.15) is 39.5 Å². The second-order valence-corrected chi connectivity index (χ2v) is 6.54. The molecule has 1 saturated carbocycles. The summed E-state index contributed by atoms with van der Waals surface area (Å²) in [4.78, 5) is 14.0. The molecule has 1 aliphatic carbocycles. The third kappa shape index (κ3) is 2.23. The zero-order chi connectivity index (χ0) is 13.6. The number of urea groups is 1. The fourth-order valence-corrected chi connectivity index (χ4v) is 4.18. The van der Waals surface area contributed by atoms with Gasteiger partial charge in [-0.2, -0.15) is 0 Å².